The molecular formula is C18H18ClN3O2. The summed E-state index contributed by atoms with van der Waals surface area (Å²) in [6, 6.07) is 8.90. The maximum atomic E-state index is 12.8. The van der Waals surface area contributed by atoms with Crippen LogP contribution in [0.2, 0.25) is 5.02 Å². The molecule has 0 spiro atoms. The molecule has 3 rings (SSSR count). The van der Waals surface area contributed by atoms with Crippen LogP contribution >= 0.6 is 11.6 Å². The van der Waals surface area contributed by atoms with Crippen molar-refractivity contribution in [2.75, 3.05) is 0 Å². The lowest BCUT2D eigenvalue weighted by molar-refractivity contribution is -0.121. The van der Waals surface area contributed by atoms with Crippen LogP contribution in [0.25, 0.3) is 0 Å². The molecule has 0 saturated carbocycles. The van der Waals surface area contributed by atoms with Crippen LogP contribution in [0.5, 0.6) is 0 Å². The number of halogens is 1. The van der Waals surface area contributed by atoms with E-state index in [9.17, 15) is 9.59 Å². The Kier molecular flexibility index (Phi) is 4.53. The summed E-state index contributed by atoms with van der Waals surface area (Å²) in [5.41, 5.74) is 6.62. The number of nitrogens with zero attached hydrogens (tertiary/aromatic N) is 2. The van der Waals surface area contributed by atoms with Crippen LogP contribution < -0.4 is 5.43 Å². The van der Waals surface area contributed by atoms with Crippen molar-refractivity contribution in [3.8, 4) is 0 Å². The molecule has 5 nitrogen and oxygen atoms in total. The van der Waals surface area contributed by atoms with E-state index in [2.05, 4.69) is 10.5 Å². The van der Waals surface area contributed by atoms with Crippen LogP contribution in [-0.2, 0) is 18.3 Å². The third-order valence-corrected chi connectivity index (χ3v) is 4.46. The summed E-state index contributed by atoms with van der Waals surface area (Å²) in [5, 5.41) is 4.71. The Morgan fingerprint density at radius 2 is 2.00 bits per heavy atom. The molecule has 124 valence electrons. The number of rotatable bonds is 4. The van der Waals surface area contributed by atoms with Gasteiger partial charge in [0.1, 0.15) is 0 Å². The van der Waals surface area contributed by atoms with Crippen molar-refractivity contribution in [2.45, 2.75) is 26.2 Å². The second-order valence-corrected chi connectivity index (χ2v) is 6.39. The van der Waals surface area contributed by atoms with E-state index in [1.807, 2.05) is 24.6 Å². The number of benzene rings is 1. The van der Waals surface area contributed by atoms with Crippen LogP contribution in [0.3, 0.4) is 0 Å². The van der Waals surface area contributed by atoms with Gasteiger partial charge in [-0.05, 0) is 49.2 Å². The van der Waals surface area contributed by atoms with Crippen molar-refractivity contribution < 1.29 is 9.59 Å². The molecule has 0 saturated heterocycles. The fraction of sp³-hybridized carbons (Fsp3) is 0.278. The molecule has 1 amide bonds. The van der Waals surface area contributed by atoms with Crippen molar-refractivity contribution >= 4 is 29.0 Å². The largest absolute Gasteiger partial charge is 0.344 e. The quantitative estimate of drug-likeness (QED) is 0.867. The molecule has 0 bridgehead atoms. The van der Waals surface area contributed by atoms with Gasteiger partial charge in [0.25, 0.3) is 0 Å². The number of carbonyl (C=O) groups excluding carboxylic acids is 2. The number of hydrogen-bond acceptors (Lipinski definition) is 3. The highest BCUT2D eigenvalue weighted by Gasteiger charge is 2.20. The lowest BCUT2D eigenvalue weighted by atomic mass is 10.1. The van der Waals surface area contributed by atoms with Crippen molar-refractivity contribution in [3.05, 3.63) is 57.9 Å². The summed E-state index contributed by atoms with van der Waals surface area (Å²) in [4.78, 5) is 24.0. The molecule has 2 heterocycles. The Morgan fingerprint density at radius 3 is 2.62 bits per heavy atom. The molecule has 0 atom stereocenters. The summed E-state index contributed by atoms with van der Waals surface area (Å²) in [7, 11) is 1.88. The van der Waals surface area contributed by atoms with Gasteiger partial charge in [-0.1, -0.05) is 11.6 Å². The third-order valence-electron chi connectivity index (χ3n) is 4.21. The lowest BCUT2D eigenvalue weighted by Gasteiger charge is -2.13. The zero-order chi connectivity index (χ0) is 17.3. The van der Waals surface area contributed by atoms with E-state index in [-0.39, 0.29) is 11.7 Å². The van der Waals surface area contributed by atoms with E-state index in [1.54, 1.807) is 24.3 Å². The van der Waals surface area contributed by atoms with Crippen LogP contribution in [0.1, 0.15) is 40.2 Å². The van der Waals surface area contributed by atoms with Crippen molar-refractivity contribution in [1.29, 1.82) is 0 Å². The Balaban J connectivity index is 1.87. The molecule has 1 N–H and O–H groups in total. The first-order valence-corrected chi connectivity index (χ1v) is 8.13. The number of amides is 1. The van der Waals surface area contributed by atoms with Crippen LogP contribution in [0.15, 0.2) is 35.4 Å². The molecule has 24 heavy (non-hydrogen) atoms. The van der Waals surface area contributed by atoms with E-state index in [0.29, 0.717) is 35.5 Å². The molecular weight excluding hydrogens is 326 g/mol. The summed E-state index contributed by atoms with van der Waals surface area (Å²) < 4.78 is 1.91. The smallest absolute Gasteiger partial charge is 0.240 e. The lowest BCUT2D eigenvalue weighted by Crippen LogP contribution is -2.26. The zero-order valence-corrected chi connectivity index (χ0v) is 14.4. The monoisotopic (exact) mass is 343 g/mol. The fourth-order valence-electron chi connectivity index (χ4n) is 2.91. The summed E-state index contributed by atoms with van der Waals surface area (Å²) in [6.45, 7) is 1.93. The highest BCUT2D eigenvalue weighted by Crippen LogP contribution is 2.21. The average molecular weight is 344 g/mol. The predicted molar refractivity (Wildman–Crippen MR) is 93.6 cm³/mol. The minimum Gasteiger partial charge on any atom is -0.344 e. The number of hydrazone groups is 1. The number of aromatic nitrogens is 1. The van der Waals surface area contributed by atoms with Crippen LogP contribution in [0.4, 0.5) is 0 Å². The number of ketones is 1. The van der Waals surface area contributed by atoms with Crippen molar-refractivity contribution in [3.63, 3.8) is 0 Å². The van der Waals surface area contributed by atoms with Gasteiger partial charge in [0.2, 0.25) is 11.7 Å². The second kappa shape index (κ2) is 6.61. The van der Waals surface area contributed by atoms with Gasteiger partial charge >= 0.3 is 0 Å². The highest BCUT2D eigenvalue weighted by molar-refractivity contribution is 6.30. The van der Waals surface area contributed by atoms with Crippen LogP contribution in [-0.4, -0.2) is 22.0 Å². The summed E-state index contributed by atoms with van der Waals surface area (Å²) >= 11 is 5.89. The number of hydrogen-bond donors (Lipinski definition) is 1. The van der Waals surface area contributed by atoms with Crippen molar-refractivity contribution in [1.82, 2.24) is 9.99 Å². The van der Waals surface area contributed by atoms with E-state index in [1.165, 1.54) is 0 Å². The van der Waals surface area contributed by atoms with Crippen molar-refractivity contribution in [2.24, 2.45) is 12.1 Å². The second-order valence-electron chi connectivity index (χ2n) is 5.95. The van der Waals surface area contributed by atoms with Crippen LogP contribution in [0, 0.1) is 6.92 Å². The van der Waals surface area contributed by atoms with Gasteiger partial charge in [0.15, 0.2) is 0 Å². The summed E-state index contributed by atoms with van der Waals surface area (Å²) in [5.74, 6) is -0.0859. The van der Waals surface area contributed by atoms with Gasteiger partial charge in [0, 0.05) is 41.9 Å². The topological polar surface area (TPSA) is 63.5 Å². The fourth-order valence-corrected chi connectivity index (χ4v) is 3.04. The Labute approximate surface area is 145 Å². The molecule has 1 aromatic carbocycles. The minimum atomic E-state index is -0.0552. The normalized spacial score (nSPS) is 14.3. The van der Waals surface area contributed by atoms with E-state index < -0.39 is 0 Å². The molecule has 1 aromatic heterocycles. The molecule has 0 fully saturated rings. The average Bonchev–Trinajstić information content (AvgIpc) is 2.83. The van der Waals surface area contributed by atoms with Gasteiger partial charge < -0.3 is 4.57 Å². The minimum absolute atomic E-state index is 0.0307. The van der Waals surface area contributed by atoms with Gasteiger partial charge in [-0.15, -0.1) is 0 Å². The summed E-state index contributed by atoms with van der Waals surface area (Å²) in [6.07, 6.45) is 1.72. The first-order chi connectivity index (χ1) is 11.5. The first-order valence-electron chi connectivity index (χ1n) is 7.75. The van der Waals surface area contributed by atoms with Gasteiger partial charge in [0.05, 0.1) is 5.69 Å². The Morgan fingerprint density at radius 1 is 1.29 bits per heavy atom. The predicted octanol–water partition coefficient (Wildman–Crippen LogP) is 3.03. The standard InChI is InChI=1S/C18H18ClN3O2/c1-11-9-15(10-14-7-8-16(23)21-20-14)22(2)17(11)18(24)12-3-5-13(19)6-4-12/h3-6,9H,7-8,10H2,1-2H3,(H,21,23). The van der Waals surface area contributed by atoms with Gasteiger partial charge in [-0.3, -0.25) is 9.59 Å². The number of nitrogens with one attached hydrogen (secondary N) is 1. The number of aryl methyl sites for hydroxylation is 1. The molecule has 0 radical (unpaired) electrons. The maximum Gasteiger partial charge on any atom is 0.240 e. The molecule has 0 unspecified atom stereocenters. The molecule has 6 heteroatoms. The highest BCUT2D eigenvalue weighted by atomic mass is 35.5. The van der Waals surface area contributed by atoms with E-state index in [4.69, 9.17) is 11.6 Å². The van der Waals surface area contributed by atoms with Gasteiger partial charge in [-0.2, -0.15) is 5.10 Å². The van der Waals surface area contributed by atoms with E-state index in [0.717, 1.165) is 17.0 Å². The van der Waals surface area contributed by atoms with E-state index >= 15 is 0 Å². The molecule has 1 aliphatic heterocycles. The Bertz CT molecular complexity index is 835. The SMILES string of the molecule is Cc1cc(CC2=NNC(=O)CC2)n(C)c1C(=O)c1ccc(Cl)cc1. The maximum absolute atomic E-state index is 12.8. The number of carbonyl (C=O) groups is 2. The zero-order valence-electron chi connectivity index (χ0n) is 13.6. The molecule has 0 aliphatic carbocycles. The first kappa shape index (κ1) is 16.5. The molecule has 1 aliphatic rings. The third kappa shape index (κ3) is 3.26. The van der Waals surface area contributed by atoms with Gasteiger partial charge in [-0.25, -0.2) is 5.43 Å². The Hall–Kier alpha value is -2.40. The molecule has 2 aromatic rings.